The molecule has 0 aliphatic carbocycles. The second-order valence-corrected chi connectivity index (χ2v) is 2.87. The van der Waals surface area contributed by atoms with Crippen LogP contribution in [0, 0.1) is 5.41 Å². The van der Waals surface area contributed by atoms with Crippen molar-refractivity contribution < 1.29 is 0 Å². The number of aromatic nitrogens is 2. The molecular weight excluding hydrogens is 160 g/mol. The second kappa shape index (κ2) is 3.92. The number of nitrogens with one attached hydrogen (secondary N) is 1. The molecule has 0 saturated carbocycles. The highest BCUT2D eigenvalue weighted by atomic mass is 32.2. The van der Waals surface area contributed by atoms with Crippen LogP contribution in [0.2, 0.25) is 0 Å². The topological polar surface area (TPSA) is 75.7 Å². The molecule has 0 saturated heterocycles. The van der Waals surface area contributed by atoms with Crippen molar-refractivity contribution in [1.29, 1.82) is 5.41 Å². The Morgan fingerprint density at radius 3 is 3.00 bits per heavy atom. The molecule has 0 aliphatic rings. The zero-order chi connectivity index (χ0) is 8.10. The molecule has 11 heavy (non-hydrogen) atoms. The van der Waals surface area contributed by atoms with Crippen LogP contribution in [0.4, 0.5) is 0 Å². The molecule has 4 nitrogen and oxygen atoms in total. The Bertz CT molecular complexity index is 236. The maximum Gasteiger partial charge on any atom is 0.151 e. The maximum atomic E-state index is 6.94. The van der Waals surface area contributed by atoms with Crippen molar-refractivity contribution >= 4 is 16.9 Å². The van der Waals surface area contributed by atoms with Crippen molar-refractivity contribution in [3.8, 4) is 0 Å². The smallest absolute Gasteiger partial charge is 0.151 e. The normalized spacial score (nSPS) is 9.45. The van der Waals surface area contributed by atoms with Crippen LogP contribution in [0.3, 0.4) is 0 Å². The molecule has 0 radical (unpaired) electrons. The van der Waals surface area contributed by atoms with E-state index in [0.29, 0.717) is 5.75 Å². The summed E-state index contributed by atoms with van der Waals surface area (Å²) in [6.45, 7) is 0. The Balaban J connectivity index is 2.45. The summed E-state index contributed by atoms with van der Waals surface area (Å²) < 4.78 is 0. The lowest BCUT2D eigenvalue weighted by molar-refractivity contribution is 1.10. The summed E-state index contributed by atoms with van der Waals surface area (Å²) in [5.41, 5.74) is 5.98. The van der Waals surface area contributed by atoms with Crippen LogP contribution in [0.15, 0.2) is 18.6 Å². The third-order valence-corrected chi connectivity index (χ3v) is 1.74. The van der Waals surface area contributed by atoms with Crippen LogP contribution >= 0.6 is 11.8 Å². The number of thioether (sulfide) groups is 1. The van der Waals surface area contributed by atoms with Crippen LogP contribution in [-0.2, 0) is 5.75 Å². The van der Waals surface area contributed by atoms with Gasteiger partial charge >= 0.3 is 0 Å². The molecule has 5 heteroatoms. The van der Waals surface area contributed by atoms with E-state index in [1.165, 1.54) is 11.8 Å². The van der Waals surface area contributed by atoms with Crippen molar-refractivity contribution in [2.45, 2.75) is 5.75 Å². The molecule has 0 aromatic carbocycles. The van der Waals surface area contributed by atoms with Gasteiger partial charge < -0.3 is 5.73 Å². The minimum absolute atomic E-state index is 0.107. The van der Waals surface area contributed by atoms with Gasteiger partial charge in [0.05, 0.1) is 5.69 Å². The van der Waals surface area contributed by atoms with E-state index in [1.807, 2.05) is 0 Å². The van der Waals surface area contributed by atoms with Gasteiger partial charge in [0.15, 0.2) is 5.17 Å². The molecule has 1 aromatic heterocycles. The first-order valence-electron chi connectivity index (χ1n) is 3.01. The lowest BCUT2D eigenvalue weighted by Gasteiger charge is -1.95. The molecule has 1 rings (SSSR count). The van der Waals surface area contributed by atoms with Gasteiger partial charge in [-0.05, 0) is 0 Å². The molecular formula is C6H8N4S. The van der Waals surface area contributed by atoms with E-state index in [4.69, 9.17) is 11.1 Å². The van der Waals surface area contributed by atoms with Crippen LogP contribution in [0.1, 0.15) is 5.69 Å². The van der Waals surface area contributed by atoms with E-state index < -0.39 is 0 Å². The van der Waals surface area contributed by atoms with E-state index in [-0.39, 0.29) is 5.17 Å². The minimum atomic E-state index is 0.107. The van der Waals surface area contributed by atoms with Crippen LogP contribution in [0.5, 0.6) is 0 Å². The van der Waals surface area contributed by atoms with Crippen molar-refractivity contribution in [2.24, 2.45) is 5.73 Å². The molecule has 0 fully saturated rings. The van der Waals surface area contributed by atoms with E-state index in [0.717, 1.165) is 5.69 Å². The zero-order valence-corrected chi connectivity index (χ0v) is 6.64. The molecule has 1 heterocycles. The fraction of sp³-hybridized carbons (Fsp3) is 0.167. The summed E-state index contributed by atoms with van der Waals surface area (Å²) >= 11 is 1.24. The quantitative estimate of drug-likeness (QED) is 0.501. The minimum Gasteiger partial charge on any atom is -0.379 e. The number of amidine groups is 1. The largest absolute Gasteiger partial charge is 0.379 e. The molecule has 3 N–H and O–H groups in total. The fourth-order valence-corrected chi connectivity index (χ4v) is 1.01. The zero-order valence-electron chi connectivity index (χ0n) is 5.82. The molecule has 0 aliphatic heterocycles. The first-order chi connectivity index (χ1) is 5.29. The average Bonchev–Trinajstić information content (AvgIpc) is 2.03. The van der Waals surface area contributed by atoms with E-state index >= 15 is 0 Å². The Labute approximate surface area is 68.7 Å². The monoisotopic (exact) mass is 168 g/mol. The summed E-state index contributed by atoms with van der Waals surface area (Å²) in [5, 5.41) is 7.04. The number of nitrogens with zero attached hydrogens (tertiary/aromatic N) is 2. The van der Waals surface area contributed by atoms with Gasteiger partial charge in [0.1, 0.15) is 0 Å². The fourth-order valence-electron chi connectivity index (χ4n) is 0.556. The lowest BCUT2D eigenvalue weighted by Crippen LogP contribution is -2.04. The molecule has 1 aromatic rings. The van der Waals surface area contributed by atoms with E-state index in [1.54, 1.807) is 18.6 Å². The van der Waals surface area contributed by atoms with Gasteiger partial charge in [-0.25, -0.2) is 0 Å². The molecule has 58 valence electrons. The third-order valence-electron chi connectivity index (χ3n) is 0.992. The Hall–Kier alpha value is -1.10. The van der Waals surface area contributed by atoms with Gasteiger partial charge in [0.2, 0.25) is 0 Å². The van der Waals surface area contributed by atoms with Crippen molar-refractivity contribution in [3.05, 3.63) is 24.3 Å². The Kier molecular flexibility index (Phi) is 2.85. The van der Waals surface area contributed by atoms with Crippen LogP contribution < -0.4 is 5.73 Å². The van der Waals surface area contributed by atoms with Gasteiger partial charge in [0, 0.05) is 24.3 Å². The third kappa shape index (κ3) is 2.99. The van der Waals surface area contributed by atoms with Gasteiger partial charge in [-0.2, -0.15) is 0 Å². The van der Waals surface area contributed by atoms with Crippen LogP contribution in [0.25, 0.3) is 0 Å². The maximum absolute atomic E-state index is 6.94. The highest BCUT2D eigenvalue weighted by molar-refractivity contribution is 8.13. The molecule has 0 unspecified atom stereocenters. The highest BCUT2D eigenvalue weighted by Gasteiger charge is 1.94. The molecule has 0 amide bonds. The standard InChI is InChI=1S/C6H8N4S/c7-6(8)11-4-5-3-9-1-2-10-5/h1-3H,4H2,(H3,7,8). The predicted octanol–water partition coefficient (Wildman–Crippen LogP) is 0.603. The van der Waals surface area contributed by atoms with Gasteiger partial charge in [-0.3, -0.25) is 15.4 Å². The predicted molar refractivity (Wildman–Crippen MR) is 45.2 cm³/mol. The average molecular weight is 168 g/mol. The molecule has 0 bridgehead atoms. The Morgan fingerprint density at radius 2 is 2.45 bits per heavy atom. The van der Waals surface area contributed by atoms with Crippen LogP contribution in [-0.4, -0.2) is 15.1 Å². The SMILES string of the molecule is N=C(N)SCc1cnccn1. The number of hydrogen-bond acceptors (Lipinski definition) is 4. The molecule has 0 spiro atoms. The van der Waals surface area contributed by atoms with Crippen molar-refractivity contribution in [1.82, 2.24) is 9.97 Å². The number of nitrogens with two attached hydrogens (primary N) is 1. The van der Waals surface area contributed by atoms with Crippen molar-refractivity contribution in [2.75, 3.05) is 0 Å². The second-order valence-electron chi connectivity index (χ2n) is 1.85. The number of rotatable bonds is 2. The summed E-state index contributed by atoms with van der Waals surface area (Å²) in [4.78, 5) is 7.89. The summed E-state index contributed by atoms with van der Waals surface area (Å²) in [6, 6.07) is 0. The summed E-state index contributed by atoms with van der Waals surface area (Å²) in [5.74, 6) is 0.614. The highest BCUT2D eigenvalue weighted by Crippen LogP contribution is 2.06. The number of hydrogen-bond donors (Lipinski definition) is 2. The summed E-state index contributed by atoms with van der Waals surface area (Å²) in [6.07, 6.45) is 4.90. The van der Waals surface area contributed by atoms with Crippen molar-refractivity contribution in [3.63, 3.8) is 0 Å². The first kappa shape index (κ1) is 8.00. The first-order valence-corrected chi connectivity index (χ1v) is 3.99. The Morgan fingerprint density at radius 1 is 1.64 bits per heavy atom. The summed E-state index contributed by atoms with van der Waals surface area (Å²) in [7, 11) is 0. The van der Waals surface area contributed by atoms with Gasteiger partial charge in [0.25, 0.3) is 0 Å². The van der Waals surface area contributed by atoms with Gasteiger partial charge in [-0.15, -0.1) is 0 Å². The molecule has 0 atom stereocenters. The van der Waals surface area contributed by atoms with E-state index in [2.05, 4.69) is 9.97 Å². The van der Waals surface area contributed by atoms with Gasteiger partial charge in [-0.1, -0.05) is 11.8 Å². The van der Waals surface area contributed by atoms with E-state index in [9.17, 15) is 0 Å². The lowest BCUT2D eigenvalue weighted by atomic mass is 10.5.